The standard InChI is InChI=1S/C14H19Cl2N3O/c1-9-5-10(17)7-19(6-9)8-13(20)18-14-11(15)3-2-4-12(14)16/h2-4,9-10H,5-8,17H2,1H3,(H,18,20). The number of rotatable bonds is 3. The van der Waals surface area contributed by atoms with Gasteiger partial charge in [0.05, 0.1) is 22.3 Å². The molecule has 1 amide bonds. The van der Waals surface area contributed by atoms with E-state index in [0.29, 0.717) is 28.2 Å². The molecule has 1 aromatic carbocycles. The van der Waals surface area contributed by atoms with E-state index in [-0.39, 0.29) is 11.9 Å². The van der Waals surface area contributed by atoms with E-state index in [1.807, 2.05) is 0 Å². The fourth-order valence-corrected chi connectivity index (χ4v) is 3.13. The zero-order valence-electron chi connectivity index (χ0n) is 11.4. The van der Waals surface area contributed by atoms with Crippen molar-refractivity contribution in [3.05, 3.63) is 28.2 Å². The predicted molar refractivity (Wildman–Crippen MR) is 83.3 cm³/mol. The van der Waals surface area contributed by atoms with Crippen molar-refractivity contribution in [2.75, 3.05) is 25.0 Å². The molecule has 0 aromatic heterocycles. The summed E-state index contributed by atoms with van der Waals surface area (Å²) in [5.41, 5.74) is 6.44. The molecule has 1 aromatic rings. The maximum absolute atomic E-state index is 12.1. The molecule has 0 bridgehead atoms. The molecule has 0 radical (unpaired) electrons. The molecule has 1 aliphatic rings. The highest BCUT2D eigenvalue weighted by Gasteiger charge is 2.23. The van der Waals surface area contributed by atoms with E-state index < -0.39 is 0 Å². The number of carbonyl (C=O) groups is 1. The SMILES string of the molecule is CC1CC(N)CN(CC(=O)Nc2c(Cl)cccc2Cl)C1. The van der Waals surface area contributed by atoms with Crippen molar-refractivity contribution in [3.63, 3.8) is 0 Å². The number of para-hydroxylation sites is 1. The Hall–Kier alpha value is -0.810. The Balaban J connectivity index is 1.95. The quantitative estimate of drug-likeness (QED) is 0.901. The van der Waals surface area contributed by atoms with Crippen molar-refractivity contribution >= 4 is 34.8 Å². The summed E-state index contributed by atoms with van der Waals surface area (Å²) in [7, 11) is 0. The predicted octanol–water partition coefficient (Wildman–Crippen LogP) is 2.60. The zero-order valence-corrected chi connectivity index (χ0v) is 12.9. The van der Waals surface area contributed by atoms with Gasteiger partial charge in [-0.15, -0.1) is 0 Å². The molecule has 2 unspecified atom stereocenters. The van der Waals surface area contributed by atoms with Gasteiger partial charge >= 0.3 is 0 Å². The van der Waals surface area contributed by atoms with Gasteiger partial charge in [-0.3, -0.25) is 9.69 Å². The first-order chi connectivity index (χ1) is 9.45. The lowest BCUT2D eigenvalue weighted by molar-refractivity contribution is -0.117. The minimum absolute atomic E-state index is 0.124. The van der Waals surface area contributed by atoms with E-state index in [2.05, 4.69) is 17.1 Å². The van der Waals surface area contributed by atoms with Crippen LogP contribution in [0.2, 0.25) is 10.0 Å². The number of anilines is 1. The third kappa shape index (κ3) is 4.09. The molecule has 4 nitrogen and oxygen atoms in total. The normalized spacial score (nSPS) is 23.6. The van der Waals surface area contributed by atoms with E-state index >= 15 is 0 Å². The lowest BCUT2D eigenvalue weighted by Crippen LogP contribution is -2.48. The summed E-state index contributed by atoms with van der Waals surface area (Å²) in [5.74, 6) is 0.386. The highest BCUT2D eigenvalue weighted by molar-refractivity contribution is 6.39. The fraction of sp³-hybridized carbons (Fsp3) is 0.500. The van der Waals surface area contributed by atoms with E-state index in [0.717, 1.165) is 19.5 Å². The Labute approximate surface area is 129 Å². The summed E-state index contributed by atoms with van der Waals surface area (Å²) < 4.78 is 0. The Morgan fingerprint density at radius 2 is 2.05 bits per heavy atom. The summed E-state index contributed by atoms with van der Waals surface area (Å²) in [6, 6.07) is 5.27. The Bertz CT molecular complexity index is 465. The summed E-state index contributed by atoms with van der Waals surface area (Å²) in [5, 5.41) is 3.65. The molecule has 20 heavy (non-hydrogen) atoms. The second kappa shape index (κ2) is 6.76. The molecular formula is C14H19Cl2N3O. The number of hydrogen-bond acceptors (Lipinski definition) is 3. The van der Waals surface area contributed by atoms with Crippen LogP contribution in [0.15, 0.2) is 18.2 Å². The largest absolute Gasteiger partial charge is 0.327 e. The third-order valence-corrected chi connectivity index (χ3v) is 3.99. The van der Waals surface area contributed by atoms with Gasteiger partial charge in [0.25, 0.3) is 0 Å². The monoisotopic (exact) mass is 315 g/mol. The van der Waals surface area contributed by atoms with Crippen molar-refractivity contribution in [1.29, 1.82) is 0 Å². The molecule has 1 heterocycles. The first kappa shape index (κ1) is 15.6. The second-order valence-electron chi connectivity index (χ2n) is 5.44. The number of nitrogens with zero attached hydrogens (tertiary/aromatic N) is 1. The summed E-state index contributed by atoms with van der Waals surface area (Å²) in [4.78, 5) is 14.2. The molecule has 3 N–H and O–H groups in total. The van der Waals surface area contributed by atoms with Gasteiger partial charge in [-0.05, 0) is 24.5 Å². The number of likely N-dealkylation sites (tertiary alicyclic amines) is 1. The van der Waals surface area contributed by atoms with Crippen LogP contribution in [0.5, 0.6) is 0 Å². The second-order valence-corrected chi connectivity index (χ2v) is 6.25. The summed E-state index contributed by atoms with van der Waals surface area (Å²) in [6.45, 7) is 4.08. The van der Waals surface area contributed by atoms with Gasteiger partial charge < -0.3 is 11.1 Å². The van der Waals surface area contributed by atoms with E-state index in [1.165, 1.54) is 0 Å². The molecule has 2 atom stereocenters. The third-order valence-electron chi connectivity index (χ3n) is 3.36. The minimum Gasteiger partial charge on any atom is -0.327 e. The van der Waals surface area contributed by atoms with Gasteiger partial charge in [0.2, 0.25) is 5.91 Å². The van der Waals surface area contributed by atoms with Crippen LogP contribution >= 0.6 is 23.2 Å². The van der Waals surface area contributed by atoms with Gasteiger partial charge in [-0.1, -0.05) is 36.2 Å². The van der Waals surface area contributed by atoms with Gasteiger partial charge in [0.15, 0.2) is 0 Å². The van der Waals surface area contributed by atoms with Crippen molar-refractivity contribution in [3.8, 4) is 0 Å². The molecule has 0 saturated carbocycles. The van der Waals surface area contributed by atoms with Crippen LogP contribution in [0.4, 0.5) is 5.69 Å². The first-order valence-electron chi connectivity index (χ1n) is 6.67. The fourth-order valence-electron chi connectivity index (χ4n) is 2.64. The lowest BCUT2D eigenvalue weighted by Gasteiger charge is -2.34. The number of amides is 1. The number of carbonyl (C=O) groups excluding carboxylic acids is 1. The summed E-state index contributed by atoms with van der Waals surface area (Å²) >= 11 is 12.1. The van der Waals surface area contributed by atoms with Gasteiger partial charge in [-0.2, -0.15) is 0 Å². The van der Waals surface area contributed by atoms with Crippen molar-refractivity contribution < 1.29 is 4.79 Å². The number of benzene rings is 1. The van der Waals surface area contributed by atoms with Gasteiger partial charge in [-0.25, -0.2) is 0 Å². The van der Waals surface area contributed by atoms with Crippen molar-refractivity contribution in [2.45, 2.75) is 19.4 Å². The Morgan fingerprint density at radius 3 is 2.65 bits per heavy atom. The number of nitrogens with two attached hydrogens (primary N) is 1. The molecule has 1 aliphatic heterocycles. The number of nitrogens with one attached hydrogen (secondary N) is 1. The summed E-state index contributed by atoms with van der Waals surface area (Å²) in [6.07, 6.45) is 1.01. The molecule has 1 fully saturated rings. The number of halogens is 2. The molecule has 0 aliphatic carbocycles. The van der Waals surface area contributed by atoms with Crippen LogP contribution in [-0.4, -0.2) is 36.5 Å². The highest BCUT2D eigenvalue weighted by Crippen LogP contribution is 2.29. The number of piperidine rings is 1. The zero-order chi connectivity index (χ0) is 14.7. The van der Waals surface area contributed by atoms with E-state index in [4.69, 9.17) is 28.9 Å². The molecule has 110 valence electrons. The molecule has 1 saturated heterocycles. The first-order valence-corrected chi connectivity index (χ1v) is 7.43. The van der Waals surface area contributed by atoms with Gasteiger partial charge in [0, 0.05) is 19.1 Å². The van der Waals surface area contributed by atoms with Crippen LogP contribution in [0, 0.1) is 5.92 Å². The van der Waals surface area contributed by atoms with Crippen LogP contribution in [0.3, 0.4) is 0 Å². The molecule has 2 rings (SSSR count). The van der Waals surface area contributed by atoms with Crippen LogP contribution in [0.25, 0.3) is 0 Å². The lowest BCUT2D eigenvalue weighted by atomic mass is 9.97. The Kier molecular flexibility index (Phi) is 5.27. The van der Waals surface area contributed by atoms with Crippen LogP contribution in [-0.2, 0) is 4.79 Å². The minimum atomic E-state index is -0.124. The van der Waals surface area contributed by atoms with Crippen molar-refractivity contribution in [2.24, 2.45) is 11.7 Å². The van der Waals surface area contributed by atoms with Gasteiger partial charge in [0.1, 0.15) is 0 Å². The van der Waals surface area contributed by atoms with E-state index in [9.17, 15) is 4.79 Å². The topological polar surface area (TPSA) is 58.4 Å². The van der Waals surface area contributed by atoms with Crippen LogP contribution < -0.4 is 11.1 Å². The van der Waals surface area contributed by atoms with E-state index in [1.54, 1.807) is 18.2 Å². The smallest absolute Gasteiger partial charge is 0.238 e. The average Bonchev–Trinajstić information content (AvgIpc) is 2.32. The molecular weight excluding hydrogens is 297 g/mol. The molecule has 6 heteroatoms. The number of hydrogen-bond donors (Lipinski definition) is 2. The maximum Gasteiger partial charge on any atom is 0.238 e. The van der Waals surface area contributed by atoms with Crippen LogP contribution in [0.1, 0.15) is 13.3 Å². The molecule has 0 spiro atoms. The van der Waals surface area contributed by atoms with Crippen molar-refractivity contribution in [1.82, 2.24) is 4.90 Å². The maximum atomic E-state index is 12.1. The average molecular weight is 316 g/mol. The Morgan fingerprint density at radius 1 is 1.40 bits per heavy atom. The highest BCUT2D eigenvalue weighted by atomic mass is 35.5.